The van der Waals surface area contributed by atoms with Crippen LogP contribution in [-0.2, 0) is 20.6 Å². The largest absolute Gasteiger partial charge is 0.428 e. The van der Waals surface area contributed by atoms with Gasteiger partial charge >= 0.3 is 5.22 Å². The zero-order valence-corrected chi connectivity index (χ0v) is 24.4. The maximum Gasteiger partial charge on any atom is 0.315 e. The third kappa shape index (κ3) is 8.07. The van der Waals surface area contributed by atoms with Crippen molar-refractivity contribution in [2.45, 2.75) is 49.6 Å². The van der Waals surface area contributed by atoms with Crippen LogP contribution in [0.15, 0.2) is 74.6 Å². The molecule has 1 atom stereocenters. The third-order valence-electron chi connectivity index (χ3n) is 5.33. The van der Waals surface area contributed by atoms with Crippen molar-refractivity contribution in [2.75, 3.05) is 17.4 Å². The van der Waals surface area contributed by atoms with Crippen LogP contribution in [0.25, 0.3) is 22.6 Å². The molecule has 0 saturated heterocycles. The number of oxazole rings is 1. The minimum absolute atomic E-state index is 0.0509. The number of alkyl halides is 1. The summed E-state index contributed by atoms with van der Waals surface area (Å²) >= 11 is 7.07. The van der Waals surface area contributed by atoms with Crippen molar-refractivity contribution in [1.82, 2.24) is 9.97 Å². The minimum atomic E-state index is -3.49. The molecule has 0 bridgehead atoms. The van der Waals surface area contributed by atoms with E-state index in [2.05, 4.69) is 16.9 Å². The fourth-order valence-electron chi connectivity index (χ4n) is 3.39. The smallest absolute Gasteiger partial charge is 0.315 e. The number of benzene rings is 2. The molecule has 0 N–H and O–H groups in total. The Morgan fingerprint density at radius 1 is 0.946 bits per heavy atom. The molecule has 0 aliphatic carbocycles. The Hall–Kier alpha value is -2.33. The van der Waals surface area contributed by atoms with Crippen LogP contribution in [0, 0.1) is 13.8 Å². The second kappa shape index (κ2) is 14.0. The van der Waals surface area contributed by atoms with Crippen LogP contribution in [0.2, 0.25) is 0 Å². The van der Waals surface area contributed by atoms with E-state index in [-0.39, 0.29) is 11.0 Å². The van der Waals surface area contributed by atoms with Crippen molar-refractivity contribution in [2.24, 2.45) is 0 Å². The number of rotatable bonds is 10. The number of hydrogen-bond donors (Lipinski definition) is 0. The van der Waals surface area contributed by atoms with Crippen molar-refractivity contribution in [3.63, 3.8) is 0 Å². The Morgan fingerprint density at radius 3 is 2.16 bits per heavy atom. The first-order valence-corrected chi connectivity index (χ1v) is 16.3. The van der Waals surface area contributed by atoms with Crippen LogP contribution < -0.4 is 0 Å². The van der Waals surface area contributed by atoms with Gasteiger partial charge in [-0.2, -0.15) is 0 Å². The van der Waals surface area contributed by atoms with Gasteiger partial charge in [-0.05, 0) is 26.7 Å². The first kappa shape index (κ1) is 29.2. The first-order valence-electron chi connectivity index (χ1n) is 12.0. The van der Waals surface area contributed by atoms with Gasteiger partial charge in [0.05, 0.1) is 27.9 Å². The second-order valence-electron chi connectivity index (χ2n) is 8.28. The number of unbranched alkanes of at least 4 members (excludes halogenated alkanes) is 1. The first-order chi connectivity index (χ1) is 17.8. The Bertz CT molecular complexity index is 1400. The van der Waals surface area contributed by atoms with Gasteiger partial charge in [-0.1, -0.05) is 74.0 Å². The number of hydrogen-bond acceptors (Lipinski definition) is 7. The molecule has 0 fully saturated rings. The predicted molar refractivity (Wildman–Crippen MR) is 153 cm³/mol. The summed E-state index contributed by atoms with van der Waals surface area (Å²) in [6.07, 6.45) is 2.44. The highest BCUT2D eigenvalue weighted by Gasteiger charge is 2.23. The Balaban J connectivity index is 0.000000206. The molecule has 10 heteroatoms. The number of aryl methyl sites for hydroxylation is 2. The van der Waals surface area contributed by atoms with Gasteiger partial charge in [0, 0.05) is 27.6 Å². The fraction of sp³-hybridized carbons (Fsp3) is 0.333. The summed E-state index contributed by atoms with van der Waals surface area (Å²) in [5, 5.41) is -0.228. The molecule has 0 amide bonds. The molecule has 0 radical (unpaired) electrons. The normalized spacial score (nSPS) is 12.1. The molecule has 2 heterocycles. The topological polar surface area (TPSA) is 90.1 Å². The number of nitrogens with zero attached hydrogens (tertiary/aromatic N) is 2. The van der Waals surface area contributed by atoms with Crippen molar-refractivity contribution in [3.05, 3.63) is 71.2 Å². The maximum absolute atomic E-state index is 12.1. The highest BCUT2D eigenvalue weighted by molar-refractivity contribution is 7.91. The van der Waals surface area contributed by atoms with E-state index >= 15 is 0 Å². The third-order valence-corrected chi connectivity index (χ3v) is 9.84. The zero-order valence-electron chi connectivity index (χ0n) is 21.1. The molecule has 0 aliphatic rings. The van der Waals surface area contributed by atoms with E-state index in [1.54, 1.807) is 18.3 Å². The quantitative estimate of drug-likeness (QED) is 0.187. The monoisotopic (exact) mass is 578 g/mol. The Morgan fingerprint density at radius 2 is 1.57 bits per heavy atom. The molecule has 0 spiro atoms. The van der Waals surface area contributed by atoms with Gasteiger partial charge in [0.25, 0.3) is 0 Å². The van der Waals surface area contributed by atoms with Gasteiger partial charge in [0.2, 0.25) is 9.84 Å². The minimum Gasteiger partial charge on any atom is -0.428 e. The lowest BCUT2D eigenvalue weighted by molar-refractivity contribution is 0.440. The highest BCUT2D eigenvalue weighted by atomic mass is 35.5. The molecule has 37 heavy (non-hydrogen) atoms. The van der Waals surface area contributed by atoms with Gasteiger partial charge in [-0.25, -0.2) is 18.4 Å². The van der Waals surface area contributed by atoms with Crippen LogP contribution in [-0.4, -0.2) is 40.0 Å². The lowest BCUT2D eigenvalue weighted by atomic mass is 10.1. The van der Waals surface area contributed by atoms with Crippen molar-refractivity contribution in [3.8, 4) is 22.6 Å². The Kier molecular flexibility index (Phi) is 11.1. The van der Waals surface area contributed by atoms with E-state index < -0.39 is 20.6 Å². The summed E-state index contributed by atoms with van der Waals surface area (Å²) in [7, 11) is -4.43. The maximum atomic E-state index is 12.1. The predicted octanol–water partition coefficient (Wildman–Crippen LogP) is 7.08. The number of sulfone groups is 1. The van der Waals surface area contributed by atoms with Crippen molar-refractivity contribution < 1.29 is 17.0 Å². The van der Waals surface area contributed by atoms with Crippen molar-refractivity contribution in [1.29, 1.82) is 0 Å². The van der Waals surface area contributed by atoms with Crippen LogP contribution in [0.1, 0.15) is 36.8 Å². The van der Waals surface area contributed by atoms with Crippen LogP contribution >= 0.6 is 22.9 Å². The van der Waals surface area contributed by atoms with E-state index in [1.165, 1.54) is 0 Å². The van der Waals surface area contributed by atoms with Gasteiger partial charge in [0.1, 0.15) is 0 Å². The summed E-state index contributed by atoms with van der Waals surface area (Å²) in [6.45, 7) is 5.88. The molecular formula is C27H31ClN2O4S3. The lowest BCUT2D eigenvalue weighted by Gasteiger charge is -1.98. The average molecular weight is 579 g/mol. The summed E-state index contributed by atoms with van der Waals surface area (Å²) < 4.78 is 42.2. The van der Waals surface area contributed by atoms with E-state index in [4.69, 9.17) is 16.0 Å². The lowest BCUT2D eigenvalue weighted by Crippen LogP contribution is -2.07. The van der Waals surface area contributed by atoms with Crippen LogP contribution in [0.3, 0.4) is 0 Å². The summed E-state index contributed by atoms with van der Waals surface area (Å²) in [5.74, 6) is 1.46. The summed E-state index contributed by atoms with van der Waals surface area (Å²) in [5.41, 5.74) is 3.45. The van der Waals surface area contributed by atoms with E-state index in [0.29, 0.717) is 23.8 Å². The Labute approximate surface area is 230 Å². The van der Waals surface area contributed by atoms with Crippen molar-refractivity contribution >= 4 is 43.6 Å². The SMILES string of the molecule is CCCCS(=O)c1nc(-c2ccccc2)c(C)s1.Cc1nc(S(=O)(=O)CCCCl)oc1-c1ccccc1. The molecule has 1 unspecified atom stereocenters. The van der Waals surface area contributed by atoms with Crippen LogP contribution in [0.5, 0.6) is 0 Å². The van der Waals surface area contributed by atoms with E-state index in [9.17, 15) is 12.6 Å². The second-order valence-corrected chi connectivity index (χ2v) is 13.6. The van der Waals surface area contributed by atoms with Gasteiger partial charge in [0.15, 0.2) is 10.1 Å². The number of thiazole rings is 1. The van der Waals surface area contributed by atoms with Gasteiger partial charge in [-0.3, -0.25) is 4.21 Å². The molecule has 2 aromatic carbocycles. The van der Waals surface area contributed by atoms with E-state index in [1.807, 2.05) is 67.6 Å². The number of aromatic nitrogens is 2. The summed E-state index contributed by atoms with van der Waals surface area (Å²) in [4.78, 5) is 9.70. The molecule has 0 saturated carbocycles. The zero-order chi connectivity index (χ0) is 26.8. The highest BCUT2D eigenvalue weighted by Crippen LogP contribution is 2.29. The number of halogens is 1. The fourth-order valence-corrected chi connectivity index (χ4v) is 7.44. The molecule has 6 nitrogen and oxygen atoms in total. The van der Waals surface area contributed by atoms with E-state index in [0.717, 1.165) is 44.6 Å². The molecular weight excluding hydrogens is 548 g/mol. The van der Waals surface area contributed by atoms with Crippen LogP contribution in [0.4, 0.5) is 0 Å². The summed E-state index contributed by atoms with van der Waals surface area (Å²) in [6, 6.07) is 19.4. The molecule has 2 aromatic heterocycles. The molecule has 4 rings (SSSR count). The molecule has 198 valence electrons. The molecule has 4 aromatic rings. The molecule has 0 aliphatic heterocycles. The van der Waals surface area contributed by atoms with Gasteiger partial charge < -0.3 is 4.42 Å². The average Bonchev–Trinajstić information content (AvgIpc) is 3.51. The standard InChI is InChI=1S/C14H17NOS2.C13H14ClNO3S/c1-3-4-10-18(16)14-15-13(11(2)17-14)12-8-6-5-7-9-12;1-10-12(11-6-3-2-4-7-11)18-13(15-10)19(16,17)9-5-8-14/h5-9H,3-4,10H2,1-2H3;2-4,6-7H,5,8-9H2,1H3. The van der Waals surface area contributed by atoms with Gasteiger partial charge in [-0.15, -0.1) is 22.9 Å².